The fourth-order valence-corrected chi connectivity index (χ4v) is 1.19. The first-order valence-corrected chi connectivity index (χ1v) is 4.37. The normalized spacial score (nSPS) is 12.2. The van der Waals surface area contributed by atoms with Crippen LogP contribution in [0.2, 0.25) is 0 Å². The SMILES string of the molecule is CC(C)(C)c1ncn2cccc2n1. The van der Waals surface area contributed by atoms with E-state index in [1.165, 1.54) is 0 Å². The lowest BCUT2D eigenvalue weighted by molar-refractivity contribution is 0.543. The maximum absolute atomic E-state index is 4.46. The summed E-state index contributed by atoms with van der Waals surface area (Å²) >= 11 is 0. The highest BCUT2D eigenvalue weighted by Crippen LogP contribution is 2.17. The highest BCUT2D eigenvalue weighted by atomic mass is 15.1. The van der Waals surface area contributed by atoms with E-state index in [0.717, 1.165) is 11.5 Å². The number of aromatic nitrogens is 3. The Morgan fingerprint density at radius 3 is 2.77 bits per heavy atom. The summed E-state index contributed by atoms with van der Waals surface area (Å²) < 4.78 is 1.91. The van der Waals surface area contributed by atoms with Crippen molar-refractivity contribution in [1.82, 2.24) is 14.4 Å². The number of hydrogen-bond acceptors (Lipinski definition) is 2. The van der Waals surface area contributed by atoms with E-state index in [2.05, 4.69) is 30.7 Å². The van der Waals surface area contributed by atoms with Crippen LogP contribution in [0.15, 0.2) is 24.7 Å². The summed E-state index contributed by atoms with van der Waals surface area (Å²) in [6.07, 6.45) is 3.75. The lowest BCUT2D eigenvalue weighted by atomic mass is 9.96. The summed E-state index contributed by atoms with van der Waals surface area (Å²) in [6, 6.07) is 3.95. The number of nitrogens with zero attached hydrogens (tertiary/aromatic N) is 3. The molecule has 2 aromatic rings. The molecule has 0 saturated heterocycles. The molecule has 0 fully saturated rings. The largest absolute Gasteiger partial charge is 0.292 e. The van der Waals surface area contributed by atoms with Crippen LogP contribution in [-0.2, 0) is 5.41 Å². The van der Waals surface area contributed by atoms with Crippen LogP contribution >= 0.6 is 0 Å². The molecule has 0 aliphatic carbocycles. The Morgan fingerprint density at radius 2 is 2.08 bits per heavy atom. The molecule has 0 aliphatic rings. The van der Waals surface area contributed by atoms with Crippen molar-refractivity contribution in [2.75, 3.05) is 0 Å². The van der Waals surface area contributed by atoms with Gasteiger partial charge in [-0.05, 0) is 12.1 Å². The van der Waals surface area contributed by atoms with Crippen LogP contribution < -0.4 is 0 Å². The Kier molecular flexibility index (Phi) is 1.62. The molecule has 3 nitrogen and oxygen atoms in total. The minimum absolute atomic E-state index is 0.0199. The third-order valence-corrected chi connectivity index (χ3v) is 1.95. The zero-order valence-corrected chi connectivity index (χ0v) is 8.15. The summed E-state index contributed by atoms with van der Waals surface area (Å²) in [5, 5.41) is 0. The van der Waals surface area contributed by atoms with Gasteiger partial charge in [-0.2, -0.15) is 0 Å². The first-order valence-electron chi connectivity index (χ1n) is 4.37. The summed E-state index contributed by atoms with van der Waals surface area (Å²) in [5.74, 6) is 0.888. The highest BCUT2D eigenvalue weighted by molar-refractivity contribution is 5.38. The molecule has 0 atom stereocenters. The van der Waals surface area contributed by atoms with Gasteiger partial charge in [0.15, 0.2) is 0 Å². The second-order valence-electron chi connectivity index (χ2n) is 4.20. The van der Waals surface area contributed by atoms with Crippen LogP contribution in [0, 0.1) is 0 Å². The van der Waals surface area contributed by atoms with Crippen LogP contribution in [0.25, 0.3) is 5.65 Å². The molecule has 2 heterocycles. The summed E-state index contributed by atoms with van der Waals surface area (Å²) in [5.41, 5.74) is 0.978. The van der Waals surface area contributed by atoms with Crippen molar-refractivity contribution in [2.45, 2.75) is 26.2 Å². The Balaban J connectivity index is 2.61. The Hall–Kier alpha value is -1.38. The van der Waals surface area contributed by atoms with Crippen molar-refractivity contribution in [3.8, 4) is 0 Å². The van der Waals surface area contributed by atoms with E-state index in [4.69, 9.17) is 0 Å². The molecule has 0 radical (unpaired) electrons. The molecule has 0 spiro atoms. The average Bonchev–Trinajstić information content (AvgIpc) is 2.47. The second-order valence-corrected chi connectivity index (χ2v) is 4.20. The van der Waals surface area contributed by atoms with Crippen molar-refractivity contribution in [3.05, 3.63) is 30.5 Å². The first kappa shape index (κ1) is 8.23. The van der Waals surface area contributed by atoms with Crippen LogP contribution in [-0.4, -0.2) is 14.4 Å². The van der Waals surface area contributed by atoms with Gasteiger partial charge in [-0.25, -0.2) is 9.97 Å². The lowest BCUT2D eigenvalue weighted by Gasteiger charge is -2.15. The molecule has 13 heavy (non-hydrogen) atoms. The monoisotopic (exact) mass is 175 g/mol. The number of fused-ring (bicyclic) bond motifs is 1. The number of rotatable bonds is 0. The van der Waals surface area contributed by atoms with Crippen molar-refractivity contribution in [1.29, 1.82) is 0 Å². The van der Waals surface area contributed by atoms with Crippen LogP contribution in [0.1, 0.15) is 26.6 Å². The molecule has 0 aromatic carbocycles. The van der Waals surface area contributed by atoms with E-state index in [1.54, 1.807) is 0 Å². The maximum Gasteiger partial charge on any atom is 0.140 e. The van der Waals surface area contributed by atoms with E-state index < -0.39 is 0 Å². The molecule has 0 bridgehead atoms. The zero-order valence-electron chi connectivity index (χ0n) is 8.15. The molecule has 3 heteroatoms. The quantitative estimate of drug-likeness (QED) is 0.613. The van der Waals surface area contributed by atoms with Gasteiger partial charge in [0, 0.05) is 11.6 Å². The fourth-order valence-electron chi connectivity index (χ4n) is 1.19. The Labute approximate surface area is 77.4 Å². The molecule has 0 amide bonds. The van der Waals surface area contributed by atoms with E-state index in [-0.39, 0.29) is 5.41 Å². The van der Waals surface area contributed by atoms with E-state index in [9.17, 15) is 0 Å². The number of hydrogen-bond donors (Lipinski definition) is 0. The van der Waals surface area contributed by atoms with Crippen LogP contribution in [0.5, 0.6) is 0 Å². The minimum atomic E-state index is 0.0199. The summed E-state index contributed by atoms with van der Waals surface area (Å²) in [7, 11) is 0. The summed E-state index contributed by atoms with van der Waals surface area (Å²) in [4.78, 5) is 8.76. The highest BCUT2D eigenvalue weighted by Gasteiger charge is 2.17. The van der Waals surface area contributed by atoms with Crippen molar-refractivity contribution >= 4 is 5.65 Å². The van der Waals surface area contributed by atoms with Gasteiger partial charge < -0.3 is 0 Å². The van der Waals surface area contributed by atoms with Crippen LogP contribution in [0.3, 0.4) is 0 Å². The minimum Gasteiger partial charge on any atom is -0.292 e. The molecule has 0 N–H and O–H groups in total. The Morgan fingerprint density at radius 1 is 1.31 bits per heavy atom. The Bertz CT molecular complexity index is 423. The maximum atomic E-state index is 4.46. The van der Waals surface area contributed by atoms with E-state index in [1.807, 2.05) is 29.1 Å². The molecule has 0 aliphatic heterocycles. The third-order valence-electron chi connectivity index (χ3n) is 1.95. The molecule has 68 valence electrons. The zero-order chi connectivity index (χ0) is 9.47. The smallest absolute Gasteiger partial charge is 0.140 e. The van der Waals surface area contributed by atoms with Gasteiger partial charge in [-0.1, -0.05) is 20.8 Å². The molecule has 2 aromatic heterocycles. The first-order chi connectivity index (χ1) is 6.07. The topological polar surface area (TPSA) is 30.2 Å². The molecule has 0 unspecified atom stereocenters. The van der Waals surface area contributed by atoms with E-state index in [0.29, 0.717) is 0 Å². The van der Waals surface area contributed by atoms with Crippen molar-refractivity contribution < 1.29 is 0 Å². The summed E-state index contributed by atoms with van der Waals surface area (Å²) in [6.45, 7) is 6.34. The lowest BCUT2D eigenvalue weighted by Crippen LogP contribution is -2.16. The van der Waals surface area contributed by atoms with E-state index >= 15 is 0 Å². The van der Waals surface area contributed by atoms with Crippen molar-refractivity contribution in [3.63, 3.8) is 0 Å². The van der Waals surface area contributed by atoms with Gasteiger partial charge >= 0.3 is 0 Å². The van der Waals surface area contributed by atoms with Crippen molar-refractivity contribution in [2.24, 2.45) is 0 Å². The van der Waals surface area contributed by atoms with Gasteiger partial charge in [0.05, 0.1) is 0 Å². The molecule has 2 rings (SSSR count). The molecular formula is C10H13N3. The van der Waals surface area contributed by atoms with Gasteiger partial charge in [0.1, 0.15) is 17.8 Å². The molecule has 0 saturated carbocycles. The van der Waals surface area contributed by atoms with Gasteiger partial charge in [-0.3, -0.25) is 4.40 Å². The molecular weight excluding hydrogens is 162 g/mol. The van der Waals surface area contributed by atoms with Gasteiger partial charge in [-0.15, -0.1) is 0 Å². The second kappa shape index (κ2) is 2.55. The average molecular weight is 175 g/mol. The fraction of sp³-hybridized carbons (Fsp3) is 0.400. The van der Waals surface area contributed by atoms with Gasteiger partial charge in [0.2, 0.25) is 0 Å². The standard InChI is InChI=1S/C10H13N3/c1-10(2,3)9-11-7-13-6-4-5-8(13)12-9/h4-7H,1-3H3. The van der Waals surface area contributed by atoms with Crippen LogP contribution in [0.4, 0.5) is 0 Å². The third kappa shape index (κ3) is 1.41. The predicted octanol–water partition coefficient (Wildman–Crippen LogP) is 2.03. The predicted molar refractivity (Wildman–Crippen MR) is 51.7 cm³/mol. The van der Waals surface area contributed by atoms with Gasteiger partial charge in [0.25, 0.3) is 0 Å².